The summed E-state index contributed by atoms with van der Waals surface area (Å²) in [5.41, 5.74) is 0.411. The molecule has 0 amide bonds. The van der Waals surface area contributed by atoms with Gasteiger partial charge in [-0.3, -0.25) is 0 Å². The summed E-state index contributed by atoms with van der Waals surface area (Å²) < 4.78 is 5.11. The lowest BCUT2D eigenvalue weighted by Crippen LogP contribution is -2.56. The van der Waals surface area contributed by atoms with E-state index >= 15 is 0 Å². The first-order chi connectivity index (χ1) is 4.68. The Labute approximate surface area is 60.8 Å². The summed E-state index contributed by atoms with van der Waals surface area (Å²) in [5.74, 6) is 0. The molecule has 2 rings (SSSR count). The summed E-state index contributed by atoms with van der Waals surface area (Å²) in [7, 11) is 0. The monoisotopic (exact) mass is 137 g/mol. The lowest BCUT2D eigenvalue weighted by molar-refractivity contribution is -0.192. The molecule has 0 aromatic carbocycles. The first-order valence-corrected chi connectivity index (χ1v) is 3.67. The number of nitrogens with zero attached hydrogens (tertiary/aromatic N) is 1. The molecule has 2 nitrogen and oxygen atoms in total. The van der Waals surface area contributed by atoms with Crippen LogP contribution in [0.3, 0.4) is 0 Å². The van der Waals surface area contributed by atoms with E-state index in [2.05, 4.69) is 6.07 Å². The average molecular weight is 137 g/mol. The third kappa shape index (κ3) is 0.615. The zero-order valence-corrected chi connectivity index (χ0v) is 6.18. The average Bonchev–Trinajstić information content (AvgIpc) is 1.77. The Morgan fingerprint density at radius 3 is 2.30 bits per heavy atom. The second-order valence-corrected chi connectivity index (χ2v) is 4.02. The molecule has 54 valence electrons. The SMILES string of the molecule is CC1(C#N)CC2(COC2)C1. The molecule has 0 atom stereocenters. The van der Waals surface area contributed by atoms with E-state index < -0.39 is 0 Å². The maximum atomic E-state index is 8.71. The molecule has 0 bridgehead atoms. The van der Waals surface area contributed by atoms with Gasteiger partial charge in [0.1, 0.15) is 0 Å². The van der Waals surface area contributed by atoms with Crippen LogP contribution in [-0.4, -0.2) is 13.2 Å². The highest BCUT2D eigenvalue weighted by Gasteiger charge is 2.56. The van der Waals surface area contributed by atoms with Gasteiger partial charge in [-0.1, -0.05) is 0 Å². The third-order valence-electron chi connectivity index (χ3n) is 2.62. The molecule has 2 heteroatoms. The van der Waals surface area contributed by atoms with Gasteiger partial charge in [-0.15, -0.1) is 0 Å². The van der Waals surface area contributed by atoms with E-state index in [0.29, 0.717) is 5.41 Å². The summed E-state index contributed by atoms with van der Waals surface area (Å²) in [6.07, 6.45) is 2.10. The molecular weight excluding hydrogens is 126 g/mol. The smallest absolute Gasteiger partial charge is 0.0687 e. The normalized spacial score (nSPS) is 32.0. The van der Waals surface area contributed by atoms with Gasteiger partial charge >= 0.3 is 0 Å². The Bertz CT molecular complexity index is 192. The fourth-order valence-corrected chi connectivity index (χ4v) is 2.28. The molecule has 1 saturated carbocycles. The Balaban J connectivity index is 2.00. The van der Waals surface area contributed by atoms with Gasteiger partial charge in [0.2, 0.25) is 0 Å². The van der Waals surface area contributed by atoms with Gasteiger partial charge in [-0.2, -0.15) is 5.26 Å². The van der Waals surface area contributed by atoms with Crippen molar-refractivity contribution in [3.63, 3.8) is 0 Å². The molecule has 0 N–H and O–H groups in total. The minimum Gasteiger partial charge on any atom is -0.380 e. The summed E-state index contributed by atoms with van der Waals surface area (Å²) in [5, 5.41) is 8.71. The van der Waals surface area contributed by atoms with Crippen molar-refractivity contribution < 1.29 is 4.74 Å². The second-order valence-electron chi connectivity index (χ2n) is 4.02. The van der Waals surface area contributed by atoms with Crippen LogP contribution in [0.25, 0.3) is 0 Å². The molecule has 1 heterocycles. The first kappa shape index (κ1) is 6.18. The zero-order valence-electron chi connectivity index (χ0n) is 6.18. The summed E-state index contributed by atoms with van der Waals surface area (Å²) in [6, 6.07) is 2.35. The summed E-state index contributed by atoms with van der Waals surface area (Å²) in [6.45, 7) is 3.82. The Hall–Kier alpha value is -0.550. The molecule has 1 aliphatic heterocycles. The fraction of sp³-hybridized carbons (Fsp3) is 0.875. The summed E-state index contributed by atoms with van der Waals surface area (Å²) >= 11 is 0. The van der Waals surface area contributed by atoms with Crippen molar-refractivity contribution in [3.8, 4) is 6.07 Å². The van der Waals surface area contributed by atoms with Crippen molar-refractivity contribution in [1.82, 2.24) is 0 Å². The van der Waals surface area contributed by atoms with Crippen LogP contribution in [0.4, 0.5) is 0 Å². The molecule has 1 spiro atoms. The van der Waals surface area contributed by atoms with Crippen LogP contribution < -0.4 is 0 Å². The van der Waals surface area contributed by atoms with Crippen LogP contribution in [0.1, 0.15) is 19.8 Å². The van der Waals surface area contributed by atoms with Crippen molar-refractivity contribution in [2.45, 2.75) is 19.8 Å². The highest BCUT2D eigenvalue weighted by molar-refractivity contribution is 5.13. The largest absolute Gasteiger partial charge is 0.380 e. The predicted molar refractivity (Wildman–Crippen MR) is 36.2 cm³/mol. The van der Waals surface area contributed by atoms with Gasteiger partial charge in [0.25, 0.3) is 0 Å². The molecule has 0 aromatic rings. The predicted octanol–water partition coefficient (Wildman–Crippen LogP) is 1.33. The molecular formula is C8H11NO. The van der Waals surface area contributed by atoms with Gasteiger partial charge in [0.05, 0.1) is 24.7 Å². The number of ether oxygens (including phenoxy) is 1. The van der Waals surface area contributed by atoms with Crippen LogP contribution >= 0.6 is 0 Å². The van der Waals surface area contributed by atoms with E-state index in [1.807, 2.05) is 6.92 Å². The van der Waals surface area contributed by atoms with E-state index in [4.69, 9.17) is 10.00 Å². The van der Waals surface area contributed by atoms with Crippen molar-refractivity contribution in [2.75, 3.05) is 13.2 Å². The summed E-state index contributed by atoms with van der Waals surface area (Å²) in [4.78, 5) is 0. The number of hydrogen-bond donors (Lipinski definition) is 0. The van der Waals surface area contributed by atoms with E-state index in [1.54, 1.807) is 0 Å². The molecule has 0 radical (unpaired) electrons. The standard InChI is InChI=1S/C8H11NO/c1-7(4-9)2-8(3-7)5-10-6-8/h2-3,5-6H2,1H3. The third-order valence-corrected chi connectivity index (χ3v) is 2.62. The van der Waals surface area contributed by atoms with E-state index in [1.165, 1.54) is 0 Å². The van der Waals surface area contributed by atoms with Crippen LogP contribution in [0.2, 0.25) is 0 Å². The zero-order chi connectivity index (χ0) is 7.24. The quantitative estimate of drug-likeness (QED) is 0.504. The molecule has 0 unspecified atom stereocenters. The fourth-order valence-electron chi connectivity index (χ4n) is 2.28. The van der Waals surface area contributed by atoms with Crippen LogP contribution in [0, 0.1) is 22.2 Å². The van der Waals surface area contributed by atoms with Crippen LogP contribution in [-0.2, 0) is 4.74 Å². The molecule has 1 aliphatic carbocycles. The second kappa shape index (κ2) is 1.54. The van der Waals surface area contributed by atoms with Gasteiger partial charge in [-0.25, -0.2) is 0 Å². The minimum atomic E-state index is -0.0240. The lowest BCUT2D eigenvalue weighted by atomic mass is 9.53. The van der Waals surface area contributed by atoms with E-state index in [0.717, 1.165) is 26.1 Å². The van der Waals surface area contributed by atoms with Crippen molar-refractivity contribution in [3.05, 3.63) is 0 Å². The number of rotatable bonds is 0. The van der Waals surface area contributed by atoms with Crippen molar-refractivity contribution >= 4 is 0 Å². The van der Waals surface area contributed by atoms with Gasteiger partial charge in [0, 0.05) is 5.41 Å². The first-order valence-electron chi connectivity index (χ1n) is 3.67. The Kier molecular flexibility index (Phi) is 0.952. The maximum absolute atomic E-state index is 8.71. The highest BCUT2D eigenvalue weighted by Crippen LogP contribution is 2.57. The molecule has 10 heavy (non-hydrogen) atoms. The van der Waals surface area contributed by atoms with Crippen molar-refractivity contribution in [2.24, 2.45) is 10.8 Å². The molecule has 0 aromatic heterocycles. The highest BCUT2D eigenvalue weighted by atomic mass is 16.5. The Morgan fingerprint density at radius 1 is 1.40 bits per heavy atom. The lowest BCUT2D eigenvalue weighted by Gasteiger charge is -2.56. The maximum Gasteiger partial charge on any atom is 0.0687 e. The molecule has 1 saturated heterocycles. The van der Waals surface area contributed by atoms with Gasteiger partial charge in [-0.05, 0) is 19.8 Å². The van der Waals surface area contributed by atoms with E-state index in [-0.39, 0.29) is 5.41 Å². The van der Waals surface area contributed by atoms with Gasteiger partial charge < -0.3 is 4.74 Å². The topological polar surface area (TPSA) is 33.0 Å². The molecule has 2 fully saturated rings. The van der Waals surface area contributed by atoms with Crippen LogP contribution in [0.15, 0.2) is 0 Å². The Morgan fingerprint density at radius 2 is 2.00 bits per heavy atom. The number of hydrogen-bond acceptors (Lipinski definition) is 2. The van der Waals surface area contributed by atoms with Gasteiger partial charge in [0.15, 0.2) is 0 Å². The van der Waals surface area contributed by atoms with E-state index in [9.17, 15) is 0 Å². The molecule has 2 aliphatic rings. The van der Waals surface area contributed by atoms with Crippen LogP contribution in [0.5, 0.6) is 0 Å². The van der Waals surface area contributed by atoms with Crippen molar-refractivity contribution in [1.29, 1.82) is 5.26 Å². The number of nitriles is 1. The minimum absolute atomic E-state index is 0.0240.